The van der Waals surface area contributed by atoms with Gasteiger partial charge in [-0.25, -0.2) is 4.39 Å². The lowest BCUT2D eigenvalue weighted by Crippen LogP contribution is -2.36. The average molecular weight is 274 g/mol. The van der Waals surface area contributed by atoms with E-state index in [1.165, 1.54) is 13.2 Å². The topological polar surface area (TPSA) is 29.5 Å². The monoisotopic (exact) mass is 273 g/mol. The normalized spacial score (nSPS) is 12.6. The summed E-state index contributed by atoms with van der Waals surface area (Å²) in [5.74, 6) is -0.763. The molecule has 0 aliphatic heterocycles. The van der Waals surface area contributed by atoms with Crippen LogP contribution in [-0.4, -0.2) is 31.1 Å². The molecule has 100 valence electrons. The molecule has 0 aliphatic rings. The van der Waals surface area contributed by atoms with Gasteiger partial charge in [0, 0.05) is 6.54 Å². The molecule has 0 spiro atoms. The van der Waals surface area contributed by atoms with Gasteiger partial charge in [-0.1, -0.05) is 11.6 Å². The Morgan fingerprint density at radius 1 is 1.56 bits per heavy atom. The van der Waals surface area contributed by atoms with E-state index >= 15 is 0 Å². The number of rotatable bonds is 4. The van der Waals surface area contributed by atoms with Gasteiger partial charge in [0.2, 0.25) is 0 Å². The van der Waals surface area contributed by atoms with Crippen LogP contribution in [0.25, 0.3) is 0 Å². The summed E-state index contributed by atoms with van der Waals surface area (Å²) in [6.45, 7) is 4.06. The Hall–Kier alpha value is -1.13. The lowest BCUT2D eigenvalue weighted by molar-refractivity contribution is -0.145. The summed E-state index contributed by atoms with van der Waals surface area (Å²) in [4.78, 5) is 13.2. The third-order valence-corrected chi connectivity index (χ3v) is 3.29. The fraction of sp³-hybridized carbons (Fsp3) is 0.462. The number of likely N-dealkylation sites (N-methyl/N-ethyl adjacent to an activating group) is 1. The number of ether oxygens (including phenoxy) is 1. The van der Waals surface area contributed by atoms with Crippen molar-refractivity contribution in [3.8, 4) is 0 Å². The number of benzene rings is 1. The largest absolute Gasteiger partial charge is 0.468 e. The molecule has 0 aliphatic carbocycles. The lowest BCUT2D eigenvalue weighted by Gasteiger charge is -2.23. The van der Waals surface area contributed by atoms with Gasteiger partial charge < -0.3 is 4.74 Å². The summed E-state index contributed by atoms with van der Waals surface area (Å²) in [6.07, 6.45) is 0. The van der Waals surface area contributed by atoms with Crippen molar-refractivity contribution in [1.29, 1.82) is 0 Å². The molecule has 0 amide bonds. The molecule has 1 aromatic rings. The van der Waals surface area contributed by atoms with Gasteiger partial charge in [0.1, 0.15) is 11.9 Å². The Morgan fingerprint density at radius 2 is 2.17 bits per heavy atom. The van der Waals surface area contributed by atoms with Gasteiger partial charge in [-0.3, -0.25) is 9.69 Å². The Bertz CT molecular complexity index is 451. The number of nitrogens with zero attached hydrogens (tertiary/aromatic N) is 1. The fourth-order valence-corrected chi connectivity index (χ4v) is 1.83. The van der Waals surface area contributed by atoms with E-state index in [1.807, 2.05) is 6.92 Å². The first-order chi connectivity index (χ1) is 8.36. The molecule has 0 aromatic heterocycles. The zero-order valence-electron chi connectivity index (χ0n) is 11.0. The highest BCUT2D eigenvalue weighted by Gasteiger charge is 2.19. The summed E-state index contributed by atoms with van der Waals surface area (Å²) >= 11 is 5.70. The summed E-state index contributed by atoms with van der Waals surface area (Å²) < 4.78 is 18.1. The number of esters is 1. The highest BCUT2D eigenvalue weighted by molar-refractivity contribution is 6.30. The third-order valence-electron chi connectivity index (χ3n) is 3.00. The van der Waals surface area contributed by atoms with Crippen LogP contribution in [0, 0.1) is 12.7 Å². The molecule has 0 saturated carbocycles. The predicted octanol–water partition coefficient (Wildman–Crippen LogP) is 2.78. The van der Waals surface area contributed by atoms with E-state index in [4.69, 9.17) is 11.6 Å². The first kappa shape index (κ1) is 14.9. The second-order valence-electron chi connectivity index (χ2n) is 4.31. The zero-order valence-corrected chi connectivity index (χ0v) is 11.7. The average Bonchev–Trinajstić information content (AvgIpc) is 2.33. The Kier molecular flexibility index (Phi) is 5.11. The van der Waals surface area contributed by atoms with E-state index in [0.29, 0.717) is 6.54 Å². The molecule has 1 atom stereocenters. The second kappa shape index (κ2) is 6.16. The Balaban J connectivity index is 2.85. The van der Waals surface area contributed by atoms with Crippen molar-refractivity contribution in [2.75, 3.05) is 14.2 Å². The maximum Gasteiger partial charge on any atom is 0.322 e. The molecule has 0 bridgehead atoms. The van der Waals surface area contributed by atoms with Gasteiger partial charge in [0.25, 0.3) is 0 Å². The quantitative estimate of drug-likeness (QED) is 0.790. The molecule has 0 N–H and O–H groups in total. The van der Waals surface area contributed by atoms with Crippen LogP contribution in [0.4, 0.5) is 4.39 Å². The van der Waals surface area contributed by atoms with Crippen LogP contribution < -0.4 is 0 Å². The van der Waals surface area contributed by atoms with Crippen LogP contribution >= 0.6 is 11.6 Å². The van der Waals surface area contributed by atoms with Gasteiger partial charge in [0.15, 0.2) is 0 Å². The van der Waals surface area contributed by atoms with E-state index in [9.17, 15) is 9.18 Å². The summed E-state index contributed by atoms with van der Waals surface area (Å²) in [7, 11) is 3.13. The highest BCUT2D eigenvalue weighted by Crippen LogP contribution is 2.21. The number of hydrogen-bond donors (Lipinski definition) is 0. The van der Waals surface area contributed by atoms with Crippen LogP contribution in [0.1, 0.15) is 18.1 Å². The van der Waals surface area contributed by atoms with Crippen molar-refractivity contribution in [3.05, 3.63) is 34.1 Å². The van der Waals surface area contributed by atoms with E-state index < -0.39 is 5.82 Å². The summed E-state index contributed by atoms with van der Waals surface area (Å²) in [5, 5.41) is 0.111. The fourth-order valence-electron chi connectivity index (χ4n) is 1.61. The highest BCUT2D eigenvalue weighted by atomic mass is 35.5. The second-order valence-corrected chi connectivity index (χ2v) is 4.71. The summed E-state index contributed by atoms with van der Waals surface area (Å²) in [5.41, 5.74) is 1.69. The maximum absolute atomic E-state index is 13.4. The van der Waals surface area contributed by atoms with Crippen molar-refractivity contribution in [2.45, 2.75) is 26.4 Å². The molecule has 3 nitrogen and oxygen atoms in total. The van der Waals surface area contributed by atoms with E-state index in [2.05, 4.69) is 4.74 Å². The zero-order chi connectivity index (χ0) is 13.9. The van der Waals surface area contributed by atoms with Crippen molar-refractivity contribution < 1.29 is 13.9 Å². The standard InChI is InChI=1S/C13H17ClFNO2/c1-8-5-11(14)12(15)6-10(8)7-16(3)9(2)13(17)18-4/h5-6,9H,7H2,1-4H3/t9-/m0/s1. The molecule has 0 fully saturated rings. The van der Waals surface area contributed by atoms with E-state index in [0.717, 1.165) is 11.1 Å². The van der Waals surface area contributed by atoms with E-state index in [-0.39, 0.29) is 17.0 Å². The minimum atomic E-state index is -0.448. The number of hydrogen-bond acceptors (Lipinski definition) is 3. The van der Waals surface area contributed by atoms with Crippen LogP contribution in [0.15, 0.2) is 12.1 Å². The Labute approximate surface area is 111 Å². The van der Waals surface area contributed by atoms with Gasteiger partial charge in [0.05, 0.1) is 12.1 Å². The van der Waals surface area contributed by atoms with Crippen molar-refractivity contribution in [3.63, 3.8) is 0 Å². The van der Waals surface area contributed by atoms with Crippen molar-refractivity contribution in [2.24, 2.45) is 0 Å². The predicted molar refractivity (Wildman–Crippen MR) is 69.1 cm³/mol. The van der Waals surface area contributed by atoms with Crippen LogP contribution in [-0.2, 0) is 16.1 Å². The molecular weight excluding hydrogens is 257 g/mol. The van der Waals surface area contributed by atoms with Crippen LogP contribution in [0.3, 0.4) is 0 Å². The molecule has 0 heterocycles. The van der Waals surface area contributed by atoms with Crippen LogP contribution in [0.5, 0.6) is 0 Å². The molecular formula is C13H17ClFNO2. The molecule has 5 heteroatoms. The minimum absolute atomic E-state index is 0.111. The maximum atomic E-state index is 13.4. The van der Waals surface area contributed by atoms with Gasteiger partial charge >= 0.3 is 5.97 Å². The van der Waals surface area contributed by atoms with Crippen LogP contribution in [0.2, 0.25) is 5.02 Å². The Morgan fingerprint density at radius 3 is 2.72 bits per heavy atom. The smallest absolute Gasteiger partial charge is 0.322 e. The van der Waals surface area contributed by atoms with Crippen molar-refractivity contribution >= 4 is 17.6 Å². The molecule has 0 unspecified atom stereocenters. The van der Waals surface area contributed by atoms with Gasteiger partial charge in [-0.05, 0) is 44.2 Å². The summed E-state index contributed by atoms with van der Waals surface area (Å²) in [6, 6.07) is 2.61. The van der Waals surface area contributed by atoms with Gasteiger partial charge in [-0.15, -0.1) is 0 Å². The molecule has 1 rings (SSSR count). The SMILES string of the molecule is COC(=O)[C@H](C)N(C)Cc1cc(F)c(Cl)cc1C. The van der Waals surface area contributed by atoms with Gasteiger partial charge in [-0.2, -0.15) is 0 Å². The lowest BCUT2D eigenvalue weighted by atomic mass is 10.1. The molecule has 0 saturated heterocycles. The first-order valence-corrected chi connectivity index (χ1v) is 5.97. The number of halogens is 2. The number of carbonyl (C=O) groups excluding carboxylic acids is 1. The number of aryl methyl sites for hydroxylation is 1. The third kappa shape index (κ3) is 3.43. The minimum Gasteiger partial charge on any atom is -0.468 e. The van der Waals surface area contributed by atoms with E-state index in [1.54, 1.807) is 24.9 Å². The molecule has 1 aromatic carbocycles. The molecule has 18 heavy (non-hydrogen) atoms. The first-order valence-electron chi connectivity index (χ1n) is 5.59. The number of methoxy groups -OCH3 is 1. The molecule has 0 radical (unpaired) electrons. The van der Waals surface area contributed by atoms with Crippen molar-refractivity contribution in [1.82, 2.24) is 4.90 Å². The number of carbonyl (C=O) groups is 1.